The summed E-state index contributed by atoms with van der Waals surface area (Å²) in [5.74, 6) is -0.489. The van der Waals surface area contributed by atoms with Crippen molar-refractivity contribution in [3.05, 3.63) is 16.1 Å². The van der Waals surface area contributed by atoms with E-state index in [0.717, 1.165) is 0 Å². The second kappa shape index (κ2) is 5.79. The minimum atomic E-state index is -0.687. The minimum absolute atomic E-state index is 0.231. The van der Waals surface area contributed by atoms with Crippen LogP contribution in [0, 0.1) is 0 Å². The predicted molar refractivity (Wildman–Crippen MR) is 54.9 cm³/mol. The van der Waals surface area contributed by atoms with Crippen molar-refractivity contribution in [1.82, 2.24) is 4.98 Å². The molecule has 1 heterocycles. The summed E-state index contributed by atoms with van der Waals surface area (Å²) in [5, 5.41) is 11.7. The van der Waals surface area contributed by atoms with Crippen LogP contribution in [0.4, 0.5) is 0 Å². The molecule has 0 fully saturated rings. The first-order valence-electron chi connectivity index (χ1n) is 4.39. The van der Waals surface area contributed by atoms with Gasteiger partial charge in [-0.25, -0.2) is 9.78 Å². The van der Waals surface area contributed by atoms with E-state index in [9.17, 15) is 9.90 Å². The molecule has 15 heavy (non-hydrogen) atoms. The molecule has 1 atom stereocenters. The first kappa shape index (κ1) is 12.1. The van der Waals surface area contributed by atoms with Gasteiger partial charge in [0.05, 0.1) is 7.11 Å². The lowest BCUT2D eigenvalue weighted by Gasteiger charge is -2.05. The maximum Gasteiger partial charge on any atom is 0.357 e. The topological polar surface area (TPSA) is 68.7 Å². The monoisotopic (exact) mass is 231 g/mol. The summed E-state index contributed by atoms with van der Waals surface area (Å²) < 4.78 is 9.34. The van der Waals surface area contributed by atoms with Crippen molar-refractivity contribution in [2.75, 3.05) is 20.8 Å². The highest BCUT2D eigenvalue weighted by atomic mass is 32.1. The average Bonchev–Trinajstić information content (AvgIpc) is 2.74. The molecule has 0 saturated carbocycles. The van der Waals surface area contributed by atoms with Crippen molar-refractivity contribution >= 4 is 17.3 Å². The van der Waals surface area contributed by atoms with Gasteiger partial charge in [-0.05, 0) is 0 Å². The Morgan fingerprint density at radius 1 is 1.67 bits per heavy atom. The molecule has 0 bridgehead atoms. The molecule has 0 amide bonds. The molecule has 1 N–H and O–H groups in total. The van der Waals surface area contributed by atoms with Gasteiger partial charge in [0.25, 0.3) is 0 Å². The number of ether oxygens (including phenoxy) is 2. The van der Waals surface area contributed by atoms with E-state index >= 15 is 0 Å². The average molecular weight is 231 g/mol. The number of esters is 1. The van der Waals surface area contributed by atoms with Crippen molar-refractivity contribution in [2.45, 2.75) is 12.5 Å². The normalized spacial score (nSPS) is 12.5. The van der Waals surface area contributed by atoms with E-state index in [1.807, 2.05) is 0 Å². The van der Waals surface area contributed by atoms with Gasteiger partial charge in [0.2, 0.25) is 0 Å². The lowest BCUT2D eigenvalue weighted by Crippen LogP contribution is -2.04. The van der Waals surface area contributed by atoms with Gasteiger partial charge in [0, 0.05) is 25.5 Å². The van der Waals surface area contributed by atoms with E-state index in [0.29, 0.717) is 18.0 Å². The lowest BCUT2D eigenvalue weighted by atomic mass is 10.3. The van der Waals surface area contributed by atoms with E-state index in [1.165, 1.54) is 18.4 Å². The standard InChI is InChI=1S/C9H13NO4S/c1-13-4-3-7(11)8-10-6(5-15-8)9(12)14-2/h5,7,11H,3-4H2,1-2H3. The van der Waals surface area contributed by atoms with Crippen LogP contribution in [0.5, 0.6) is 0 Å². The van der Waals surface area contributed by atoms with Crippen molar-refractivity contribution in [3.63, 3.8) is 0 Å². The highest BCUT2D eigenvalue weighted by Crippen LogP contribution is 2.21. The fourth-order valence-corrected chi connectivity index (χ4v) is 1.80. The molecular formula is C9H13NO4S. The molecule has 84 valence electrons. The minimum Gasteiger partial charge on any atom is -0.464 e. The third-order valence-corrected chi connectivity index (χ3v) is 2.74. The molecule has 6 heteroatoms. The maximum atomic E-state index is 11.1. The maximum absolute atomic E-state index is 11.1. The molecule has 0 aliphatic heterocycles. The summed E-state index contributed by atoms with van der Waals surface area (Å²) in [6.45, 7) is 0.453. The molecular weight excluding hydrogens is 218 g/mol. The van der Waals surface area contributed by atoms with Gasteiger partial charge in [-0.2, -0.15) is 0 Å². The Labute approximate surface area is 91.7 Å². The Morgan fingerprint density at radius 3 is 3.00 bits per heavy atom. The van der Waals surface area contributed by atoms with Crippen LogP contribution in [0.25, 0.3) is 0 Å². The number of rotatable bonds is 5. The zero-order chi connectivity index (χ0) is 11.3. The first-order chi connectivity index (χ1) is 7.19. The first-order valence-corrected chi connectivity index (χ1v) is 5.27. The fourth-order valence-electron chi connectivity index (χ4n) is 0.992. The molecule has 1 unspecified atom stereocenters. The Hall–Kier alpha value is -0.980. The zero-order valence-electron chi connectivity index (χ0n) is 8.60. The number of hydrogen-bond acceptors (Lipinski definition) is 6. The highest BCUT2D eigenvalue weighted by Gasteiger charge is 2.15. The van der Waals surface area contributed by atoms with Crippen molar-refractivity contribution in [3.8, 4) is 0 Å². The van der Waals surface area contributed by atoms with Crippen LogP contribution in [0.2, 0.25) is 0 Å². The SMILES string of the molecule is COCCC(O)c1nc(C(=O)OC)cs1. The van der Waals surface area contributed by atoms with Crippen molar-refractivity contribution in [2.24, 2.45) is 0 Å². The smallest absolute Gasteiger partial charge is 0.357 e. The summed E-state index contributed by atoms with van der Waals surface area (Å²) in [4.78, 5) is 15.1. The summed E-state index contributed by atoms with van der Waals surface area (Å²) >= 11 is 1.23. The molecule has 1 aromatic heterocycles. The second-order valence-corrected chi connectivity index (χ2v) is 3.75. The number of methoxy groups -OCH3 is 2. The molecule has 0 radical (unpaired) electrons. The lowest BCUT2D eigenvalue weighted by molar-refractivity contribution is 0.0594. The van der Waals surface area contributed by atoms with Crippen molar-refractivity contribution in [1.29, 1.82) is 0 Å². The number of thiazole rings is 1. The third-order valence-electron chi connectivity index (χ3n) is 1.80. The quantitative estimate of drug-likeness (QED) is 0.766. The van der Waals surface area contributed by atoms with E-state index in [-0.39, 0.29) is 5.69 Å². The number of hydrogen-bond donors (Lipinski definition) is 1. The van der Waals surface area contributed by atoms with Crippen LogP contribution in [-0.4, -0.2) is 36.9 Å². The van der Waals surface area contributed by atoms with Crippen LogP contribution in [-0.2, 0) is 9.47 Å². The Kier molecular flexibility index (Phi) is 4.67. The van der Waals surface area contributed by atoms with Crippen LogP contribution < -0.4 is 0 Å². The largest absolute Gasteiger partial charge is 0.464 e. The number of carbonyl (C=O) groups is 1. The fraction of sp³-hybridized carbons (Fsp3) is 0.556. The number of carbonyl (C=O) groups excluding carboxylic acids is 1. The number of aliphatic hydroxyl groups excluding tert-OH is 1. The molecule has 5 nitrogen and oxygen atoms in total. The molecule has 0 aliphatic rings. The molecule has 1 aromatic rings. The number of aromatic nitrogens is 1. The van der Waals surface area contributed by atoms with E-state index in [2.05, 4.69) is 9.72 Å². The Bertz CT molecular complexity index is 326. The summed E-state index contributed by atoms with van der Waals surface area (Å²) in [7, 11) is 2.86. The van der Waals surface area contributed by atoms with Crippen molar-refractivity contribution < 1.29 is 19.4 Å². The van der Waals surface area contributed by atoms with Crippen LogP contribution >= 0.6 is 11.3 Å². The van der Waals surface area contributed by atoms with Gasteiger partial charge in [-0.15, -0.1) is 11.3 Å². The van der Waals surface area contributed by atoms with Crippen LogP contribution in [0.3, 0.4) is 0 Å². The summed E-state index contributed by atoms with van der Waals surface area (Å²) in [6, 6.07) is 0. The zero-order valence-corrected chi connectivity index (χ0v) is 9.41. The van der Waals surface area contributed by atoms with Crippen LogP contribution in [0.15, 0.2) is 5.38 Å². The molecule has 0 aromatic carbocycles. The van der Waals surface area contributed by atoms with Gasteiger partial charge < -0.3 is 14.6 Å². The van der Waals surface area contributed by atoms with Crippen LogP contribution in [0.1, 0.15) is 28.0 Å². The van der Waals surface area contributed by atoms with Gasteiger partial charge in [-0.3, -0.25) is 0 Å². The molecule has 1 rings (SSSR count). The second-order valence-electron chi connectivity index (χ2n) is 2.86. The van der Waals surface area contributed by atoms with Gasteiger partial charge >= 0.3 is 5.97 Å². The Balaban J connectivity index is 2.62. The molecule has 0 saturated heterocycles. The predicted octanol–water partition coefficient (Wildman–Crippen LogP) is 1.000. The highest BCUT2D eigenvalue weighted by molar-refractivity contribution is 7.09. The van der Waals surface area contributed by atoms with E-state index in [1.54, 1.807) is 12.5 Å². The van der Waals surface area contributed by atoms with E-state index in [4.69, 9.17) is 4.74 Å². The van der Waals surface area contributed by atoms with Gasteiger partial charge in [0.15, 0.2) is 5.69 Å². The summed E-state index contributed by atoms with van der Waals surface area (Å²) in [5.41, 5.74) is 0.231. The van der Waals surface area contributed by atoms with Gasteiger partial charge in [-0.1, -0.05) is 0 Å². The third kappa shape index (κ3) is 3.26. The summed E-state index contributed by atoms with van der Waals surface area (Å²) in [6.07, 6.45) is -0.224. The van der Waals surface area contributed by atoms with E-state index < -0.39 is 12.1 Å². The molecule has 0 aliphatic carbocycles. The van der Waals surface area contributed by atoms with Gasteiger partial charge in [0.1, 0.15) is 11.1 Å². The molecule has 0 spiro atoms. The number of nitrogens with zero attached hydrogens (tertiary/aromatic N) is 1. The number of aliphatic hydroxyl groups is 1. The Morgan fingerprint density at radius 2 is 2.40 bits per heavy atom.